The minimum absolute atomic E-state index is 0.328. The van der Waals surface area contributed by atoms with Crippen molar-refractivity contribution in [3.8, 4) is 0 Å². The first-order valence-electron chi connectivity index (χ1n) is 7.49. The highest BCUT2D eigenvalue weighted by Gasteiger charge is 2.26. The van der Waals surface area contributed by atoms with Crippen molar-refractivity contribution in [1.29, 1.82) is 0 Å². The van der Waals surface area contributed by atoms with E-state index in [0.29, 0.717) is 12.0 Å². The zero-order valence-corrected chi connectivity index (χ0v) is 13.9. The Labute approximate surface area is 130 Å². The Kier molecular flexibility index (Phi) is 3.85. The van der Waals surface area contributed by atoms with Crippen LogP contribution in [0.5, 0.6) is 0 Å². The summed E-state index contributed by atoms with van der Waals surface area (Å²) in [4.78, 5) is 13.3. The monoisotopic (exact) mass is 302 g/mol. The van der Waals surface area contributed by atoms with Crippen molar-refractivity contribution in [3.63, 3.8) is 0 Å². The number of rotatable bonds is 3. The van der Waals surface area contributed by atoms with Gasteiger partial charge in [-0.3, -0.25) is 0 Å². The van der Waals surface area contributed by atoms with Gasteiger partial charge in [-0.1, -0.05) is 13.8 Å². The van der Waals surface area contributed by atoms with Crippen LogP contribution in [0.2, 0.25) is 0 Å². The summed E-state index contributed by atoms with van der Waals surface area (Å²) in [5.41, 5.74) is 1.45. The Morgan fingerprint density at radius 2 is 2.19 bits per heavy atom. The lowest BCUT2D eigenvalue weighted by Gasteiger charge is -2.35. The van der Waals surface area contributed by atoms with Crippen LogP contribution in [0.4, 0.5) is 11.6 Å². The molecule has 3 rings (SSSR count). The van der Waals surface area contributed by atoms with Crippen LogP contribution in [0, 0.1) is 0 Å². The molecule has 0 bridgehead atoms. The molecular formula is C16H22N4S. The summed E-state index contributed by atoms with van der Waals surface area (Å²) < 4.78 is 0. The van der Waals surface area contributed by atoms with Crippen LogP contribution in [0.15, 0.2) is 17.5 Å². The Bertz CT molecular complexity index is 635. The standard InChI is InChI=1S/C16H22N4S/c1-10(2)16-18-14(17-4)9-15(19-16)20-7-5-13-12(11(20)3)6-8-21-13/h6,8-11H,5,7H2,1-4H3,(H,17,18,19). The van der Waals surface area contributed by atoms with E-state index < -0.39 is 0 Å². The number of nitrogens with zero attached hydrogens (tertiary/aromatic N) is 3. The largest absolute Gasteiger partial charge is 0.373 e. The first-order chi connectivity index (χ1) is 10.1. The van der Waals surface area contributed by atoms with E-state index in [9.17, 15) is 0 Å². The van der Waals surface area contributed by atoms with Crippen LogP contribution in [0.1, 0.15) is 49.0 Å². The van der Waals surface area contributed by atoms with Crippen molar-refractivity contribution in [3.05, 3.63) is 33.8 Å². The molecule has 0 saturated carbocycles. The Balaban J connectivity index is 1.99. The molecule has 0 aliphatic carbocycles. The van der Waals surface area contributed by atoms with Gasteiger partial charge in [-0.25, -0.2) is 9.97 Å². The van der Waals surface area contributed by atoms with E-state index in [1.807, 2.05) is 18.4 Å². The zero-order chi connectivity index (χ0) is 15.0. The van der Waals surface area contributed by atoms with Crippen LogP contribution in [-0.4, -0.2) is 23.6 Å². The number of aromatic nitrogens is 2. The van der Waals surface area contributed by atoms with Crippen LogP contribution in [-0.2, 0) is 6.42 Å². The molecule has 1 aliphatic heterocycles. The molecule has 2 aromatic heterocycles. The number of hydrogen-bond donors (Lipinski definition) is 1. The molecule has 2 aromatic rings. The second-order valence-electron chi connectivity index (χ2n) is 5.79. The number of fused-ring (bicyclic) bond motifs is 1. The predicted octanol–water partition coefficient (Wildman–Crippen LogP) is 3.83. The molecule has 112 valence electrons. The fourth-order valence-corrected chi connectivity index (χ4v) is 3.77. The van der Waals surface area contributed by atoms with E-state index in [2.05, 4.69) is 53.5 Å². The lowest BCUT2D eigenvalue weighted by atomic mass is 10.0. The summed E-state index contributed by atoms with van der Waals surface area (Å²) in [6.07, 6.45) is 1.10. The number of nitrogens with one attached hydrogen (secondary N) is 1. The summed E-state index contributed by atoms with van der Waals surface area (Å²) >= 11 is 1.87. The normalized spacial score (nSPS) is 18.0. The van der Waals surface area contributed by atoms with Gasteiger partial charge in [0.15, 0.2) is 0 Å². The molecule has 0 fully saturated rings. The van der Waals surface area contributed by atoms with Gasteiger partial charge >= 0.3 is 0 Å². The summed E-state index contributed by atoms with van der Waals surface area (Å²) in [5, 5.41) is 5.35. The van der Waals surface area contributed by atoms with E-state index in [-0.39, 0.29) is 0 Å². The molecule has 21 heavy (non-hydrogen) atoms. The second kappa shape index (κ2) is 5.64. The van der Waals surface area contributed by atoms with Crippen molar-refractivity contribution in [2.75, 3.05) is 23.8 Å². The minimum Gasteiger partial charge on any atom is -0.373 e. The summed E-state index contributed by atoms with van der Waals surface area (Å²) in [6, 6.07) is 4.68. The molecule has 3 heterocycles. The van der Waals surface area contributed by atoms with Crippen molar-refractivity contribution >= 4 is 23.0 Å². The highest BCUT2D eigenvalue weighted by Crippen LogP contribution is 2.36. The van der Waals surface area contributed by atoms with Gasteiger partial charge < -0.3 is 10.2 Å². The molecule has 0 spiro atoms. The average Bonchev–Trinajstić information content (AvgIpc) is 2.96. The van der Waals surface area contributed by atoms with Gasteiger partial charge in [-0.15, -0.1) is 11.3 Å². The first-order valence-corrected chi connectivity index (χ1v) is 8.37. The Morgan fingerprint density at radius 3 is 2.90 bits per heavy atom. The van der Waals surface area contributed by atoms with Crippen LogP contribution >= 0.6 is 11.3 Å². The van der Waals surface area contributed by atoms with Crippen LogP contribution in [0.3, 0.4) is 0 Å². The van der Waals surface area contributed by atoms with E-state index in [0.717, 1.165) is 30.4 Å². The summed E-state index contributed by atoms with van der Waals surface area (Å²) in [7, 11) is 1.91. The Hall–Kier alpha value is -1.62. The minimum atomic E-state index is 0.328. The molecule has 0 aromatic carbocycles. The predicted molar refractivity (Wildman–Crippen MR) is 89.5 cm³/mol. The molecule has 1 N–H and O–H groups in total. The number of hydrogen-bond acceptors (Lipinski definition) is 5. The van der Waals surface area contributed by atoms with Gasteiger partial charge in [-0.2, -0.15) is 0 Å². The maximum atomic E-state index is 4.79. The molecule has 0 saturated heterocycles. The van der Waals surface area contributed by atoms with Gasteiger partial charge in [0.2, 0.25) is 0 Å². The van der Waals surface area contributed by atoms with Crippen molar-refractivity contribution in [1.82, 2.24) is 9.97 Å². The van der Waals surface area contributed by atoms with Gasteiger partial charge in [0.05, 0.1) is 6.04 Å². The van der Waals surface area contributed by atoms with Gasteiger partial charge in [0.1, 0.15) is 17.5 Å². The molecule has 0 amide bonds. The zero-order valence-electron chi connectivity index (χ0n) is 13.1. The Morgan fingerprint density at radius 1 is 1.38 bits per heavy atom. The van der Waals surface area contributed by atoms with E-state index in [4.69, 9.17) is 4.98 Å². The summed E-state index contributed by atoms with van der Waals surface area (Å²) in [5.74, 6) is 3.16. The third-order valence-electron chi connectivity index (χ3n) is 4.07. The third kappa shape index (κ3) is 2.62. The van der Waals surface area contributed by atoms with Crippen molar-refractivity contribution < 1.29 is 0 Å². The maximum Gasteiger partial charge on any atom is 0.135 e. The second-order valence-corrected chi connectivity index (χ2v) is 6.79. The third-order valence-corrected chi connectivity index (χ3v) is 5.07. The number of thiophene rings is 1. The molecular weight excluding hydrogens is 280 g/mol. The maximum absolute atomic E-state index is 4.79. The van der Waals surface area contributed by atoms with Crippen LogP contribution in [0.25, 0.3) is 0 Å². The summed E-state index contributed by atoms with van der Waals surface area (Å²) in [6.45, 7) is 7.55. The lowest BCUT2D eigenvalue weighted by Crippen LogP contribution is -2.34. The topological polar surface area (TPSA) is 41.0 Å². The van der Waals surface area contributed by atoms with E-state index >= 15 is 0 Å². The van der Waals surface area contributed by atoms with E-state index in [1.54, 1.807) is 0 Å². The van der Waals surface area contributed by atoms with E-state index in [1.165, 1.54) is 10.4 Å². The fourth-order valence-electron chi connectivity index (χ4n) is 2.81. The SMILES string of the molecule is CNc1cc(N2CCc3sccc3C2C)nc(C(C)C)n1. The van der Waals surface area contributed by atoms with Gasteiger partial charge in [0, 0.05) is 30.5 Å². The van der Waals surface area contributed by atoms with Crippen LogP contribution < -0.4 is 10.2 Å². The molecule has 4 nitrogen and oxygen atoms in total. The molecule has 0 radical (unpaired) electrons. The van der Waals surface area contributed by atoms with Crippen molar-refractivity contribution in [2.24, 2.45) is 0 Å². The smallest absolute Gasteiger partial charge is 0.135 e. The fraction of sp³-hybridized carbons (Fsp3) is 0.500. The molecule has 1 aliphatic rings. The highest BCUT2D eigenvalue weighted by molar-refractivity contribution is 7.10. The molecule has 1 atom stereocenters. The first kappa shape index (κ1) is 14.3. The van der Waals surface area contributed by atoms with Gasteiger partial charge in [0.25, 0.3) is 0 Å². The van der Waals surface area contributed by atoms with Gasteiger partial charge in [-0.05, 0) is 30.4 Å². The highest BCUT2D eigenvalue weighted by atomic mass is 32.1. The average molecular weight is 302 g/mol. The van der Waals surface area contributed by atoms with Crippen molar-refractivity contribution in [2.45, 2.75) is 39.2 Å². The quantitative estimate of drug-likeness (QED) is 0.935. The molecule has 1 unspecified atom stereocenters. The number of anilines is 2. The molecule has 5 heteroatoms. The lowest BCUT2D eigenvalue weighted by molar-refractivity contribution is 0.619.